The Morgan fingerprint density at radius 2 is 1.90 bits per heavy atom. The van der Waals surface area contributed by atoms with Gasteiger partial charge in [-0.25, -0.2) is 9.78 Å². The van der Waals surface area contributed by atoms with Gasteiger partial charge in [-0.2, -0.15) is 0 Å². The summed E-state index contributed by atoms with van der Waals surface area (Å²) in [7, 11) is 0. The Labute approximate surface area is 120 Å². The molecule has 1 aromatic heterocycles. The third-order valence-electron chi connectivity index (χ3n) is 2.85. The fourth-order valence-corrected chi connectivity index (χ4v) is 1.99. The standard InChI is InChI=1S/C15H11ClN2O2/c1-9-2-7-13-12(8-9)18-14(15(19)20-13)17-11-5-3-10(16)4-6-11/h2-8H,1H3,(H,17,18). The van der Waals surface area contributed by atoms with Crippen LogP contribution in [0.15, 0.2) is 51.7 Å². The maximum absolute atomic E-state index is 11.9. The van der Waals surface area contributed by atoms with Crippen LogP contribution in [0.3, 0.4) is 0 Å². The summed E-state index contributed by atoms with van der Waals surface area (Å²) in [4.78, 5) is 16.2. The van der Waals surface area contributed by atoms with Crippen molar-refractivity contribution in [1.82, 2.24) is 4.98 Å². The van der Waals surface area contributed by atoms with Crippen LogP contribution < -0.4 is 10.9 Å². The lowest BCUT2D eigenvalue weighted by atomic mass is 10.2. The number of halogens is 1. The van der Waals surface area contributed by atoms with E-state index in [0.29, 0.717) is 16.1 Å². The van der Waals surface area contributed by atoms with Crippen molar-refractivity contribution in [1.29, 1.82) is 0 Å². The van der Waals surface area contributed by atoms with E-state index in [1.165, 1.54) is 0 Å². The van der Waals surface area contributed by atoms with Crippen LogP contribution in [0.1, 0.15) is 5.56 Å². The van der Waals surface area contributed by atoms with Gasteiger partial charge in [-0.15, -0.1) is 0 Å². The van der Waals surface area contributed by atoms with Crippen molar-refractivity contribution in [3.8, 4) is 0 Å². The van der Waals surface area contributed by atoms with E-state index in [4.69, 9.17) is 16.0 Å². The quantitative estimate of drug-likeness (QED) is 0.776. The lowest BCUT2D eigenvalue weighted by Gasteiger charge is -2.05. The van der Waals surface area contributed by atoms with E-state index in [1.807, 2.05) is 19.1 Å². The Hall–Kier alpha value is -2.33. The second-order valence-electron chi connectivity index (χ2n) is 4.45. The van der Waals surface area contributed by atoms with Gasteiger partial charge < -0.3 is 9.73 Å². The Bertz CT molecular complexity index is 825. The lowest BCUT2D eigenvalue weighted by Crippen LogP contribution is -2.09. The fraction of sp³-hybridized carbons (Fsp3) is 0.0667. The number of aromatic nitrogens is 1. The highest BCUT2D eigenvalue weighted by Crippen LogP contribution is 2.18. The summed E-state index contributed by atoms with van der Waals surface area (Å²) in [5.74, 6) is 0.158. The van der Waals surface area contributed by atoms with E-state index in [9.17, 15) is 4.79 Å². The van der Waals surface area contributed by atoms with Crippen LogP contribution in [-0.2, 0) is 0 Å². The number of rotatable bonds is 2. The molecule has 0 amide bonds. The monoisotopic (exact) mass is 286 g/mol. The van der Waals surface area contributed by atoms with Crippen molar-refractivity contribution < 1.29 is 4.42 Å². The van der Waals surface area contributed by atoms with Crippen LogP contribution in [-0.4, -0.2) is 4.98 Å². The number of aryl methyl sites for hydroxylation is 1. The normalized spacial score (nSPS) is 10.7. The van der Waals surface area contributed by atoms with Gasteiger partial charge in [0.15, 0.2) is 5.58 Å². The summed E-state index contributed by atoms with van der Waals surface area (Å²) in [6.07, 6.45) is 0. The van der Waals surface area contributed by atoms with Gasteiger partial charge in [0.05, 0.1) is 0 Å². The first-order valence-electron chi connectivity index (χ1n) is 6.06. The zero-order chi connectivity index (χ0) is 14.1. The number of benzene rings is 2. The fourth-order valence-electron chi connectivity index (χ4n) is 1.86. The molecule has 1 N–H and O–H groups in total. The van der Waals surface area contributed by atoms with Gasteiger partial charge in [0.2, 0.25) is 5.82 Å². The molecule has 3 aromatic rings. The average molecular weight is 287 g/mol. The van der Waals surface area contributed by atoms with E-state index >= 15 is 0 Å². The number of hydrogen-bond donors (Lipinski definition) is 1. The van der Waals surface area contributed by atoms with Gasteiger partial charge in [-0.05, 0) is 48.9 Å². The molecule has 3 rings (SSSR count). The van der Waals surface area contributed by atoms with Crippen molar-refractivity contribution in [3.05, 3.63) is 63.5 Å². The van der Waals surface area contributed by atoms with Crippen LogP contribution in [0, 0.1) is 6.92 Å². The molecule has 4 nitrogen and oxygen atoms in total. The summed E-state index contributed by atoms with van der Waals surface area (Å²) < 4.78 is 5.24. The van der Waals surface area contributed by atoms with Crippen LogP contribution >= 0.6 is 11.6 Å². The minimum atomic E-state index is -0.503. The first-order chi connectivity index (χ1) is 9.61. The van der Waals surface area contributed by atoms with Crippen molar-refractivity contribution >= 4 is 34.2 Å². The highest BCUT2D eigenvalue weighted by atomic mass is 35.5. The molecule has 2 aromatic carbocycles. The van der Waals surface area contributed by atoms with Gasteiger partial charge in [-0.1, -0.05) is 17.7 Å². The number of hydrogen-bond acceptors (Lipinski definition) is 4. The Balaban J connectivity index is 2.04. The first kappa shape index (κ1) is 12.7. The molecule has 0 bridgehead atoms. The molecule has 0 aliphatic heterocycles. The van der Waals surface area contributed by atoms with E-state index in [1.54, 1.807) is 30.3 Å². The molecular weight excluding hydrogens is 276 g/mol. The lowest BCUT2D eigenvalue weighted by molar-refractivity contribution is 0.558. The molecule has 5 heteroatoms. The molecule has 0 atom stereocenters. The van der Waals surface area contributed by atoms with Gasteiger partial charge in [0.1, 0.15) is 5.52 Å². The highest BCUT2D eigenvalue weighted by molar-refractivity contribution is 6.30. The second kappa shape index (κ2) is 4.98. The molecule has 0 spiro atoms. The topological polar surface area (TPSA) is 55.1 Å². The molecule has 0 fully saturated rings. The van der Waals surface area contributed by atoms with Crippen LogP contribution in [0.5, 0.6) is 0 Å². The van der Waals surface area contributed by atoms with Gasteiger partial charge in [0.25, 0.3) is 0 Å². The van der Waals surface area contributed by atoms with Gasteiger partial charge in [-0.3, -0.25) is 0 Å². The Morgan fingerprint density at radius 1 is 1.15 bits per heavy atom. The van der Waals surface area contributed by atoms with E-state index in [-0.39, 0.29) is 5.82 Å². The number of nitrogens with one attached hydrogen (secondary N) is 1. The second-order valence-corrected chi connectivity index (χ2v) is 4.89. The summed E-state index contributed by atoms with van der Waals surface area (Å²) >= 11 is 5.82. The van der Waals surface area contributed by atoms with Crippen molar-refractivity contribution in [3.63, 3.8) is 0 Å². The molecule has 20 heavy (non-hydrogen) atoms. The molecule has 0 aliphatic rings. The summed E-state index contributed by atoms with van der Waals surface area (Å²) in [6, 6.07) is 12.5. The third-order valence-corrected chi connectivity index (χ3v) is 3.10. The minimum Gasteiger partial charge on any atom is -0.418 e. The van der Waals surface area contributed by atoms with E-state index in [0.717, 1.165) is 11.3 Å². The predicted octanol–water partition coefficient (Wildman–Crippen LogP) is 3.89. The SMILES string of the molecule is Cc1ccc2oc(=O)c(Nc3ccc(Cl)cc3)nc2c1. The van der Waals surface area contributed by atoms with E-state index < -0.39 is 5.63 Å². The van der Waals surface area contributed by atoms with Gasteiger partial charge >= 0.3 is 5.63 Å². The molecule has 0 unspecified atom stereocenters. The Morgan fingerprint density at radius 3 is 2.65 bits per heavy atom. The minimum absolute atomic E-state index is 0.158. The van der Waals surface area contributed by atoms with Gasteiger partial charge in [0, 0.05) is 10.7 Å². The summed E-state index contributed by atoms with van der Waals surface area (Å²) in [5.41, 5.74) is 2.39. The molecule has 0 saturated heterocycles. The first-order valence-corrected chi connectivity index (χ1v) is 6.44. The van der Waals surface area contributed by atoms with Crippen LogP contribution in [0.25, 0.3) is 11.1 Å². The van der Waals surface area contributed by atoms with Crippen LogP contribution in [0.4, 0.5) is 11.5 Å². The summed E-state index contributed by atoms with van der Waals surface area (Å²) in [6.45, 7) is 1.96. The van der Waals surface area contributed by atoms with E-state index in [2.05, 4.69) is 10.3 Å². The average Bonchev–Trinajstić information content (AvgIpc) is 2.42. The molecular formula is C15H11ClN2O2. The predicted molar refractivity (Wildman–Crippen MR) is 79.8 cm³/mol. The van der Waals surface area contributed by atoms with Crippen LogP contribution in [0.2, 0.25) is 5.02 Å². The van der Waals surface area contributed by atoms with Crippen molar-refractivity contribution in [2.45, 2.75) is 6.92 Å². The summed E-state index contributed by atoms with van der Waals surface area (Å²) in [5, 5.41) is 3.56. The third kappa shape index (κ3) is 2.51. The van der Waals surface area contributed by atoms with Crippen molar-refractivity contribution in [2.24, 2.45) is 0 Å². The molecule has 0 aliphatic carbocycles. The van der Waals surface area contributed by atoms with Crippen molar-refractivity contribution in [2.75, 3.05) is 5.32 Å². The zero-order valence-electron chi connectivity index (χ0n) is 10.7. The molecule has 0 saturated carbocycles. The molecule has 1 heterocycles. The largest absolute Gasteiger partial charge is 0.418 e. The molecule has 100 valence electrons. The number of anilines is 2. The Kier molecular flexibility index (Phi) is 3.16. The number of fused-ring (bicyclic) bond motifs is 1. The smallest absolute Gasteiger partial charge is 0.379 e. The maximum Gasteiger partial charge on any atom is 0.379 e. The maximum atomic E-state index is 11.9. The molecule has 0 radical (unpaired) electrons. The number of nitrogens with zero attached hydrogens (tertiary/aromatic N) is 1. The highest BCUT2D eigenvalue weighted by Gasteiger charge is 2.07. The zero-order valence-corrected chi connectivity index (χ0v) is 11.4.